The van der Waals surface area contributed by atoms with Crippen LogP contribution < -0.4 is 0 Å². The molecule has 0 fully saturated rings. The molecular formula is C14H19ClO5S. The molecule has 1 rings (SSSR count). The highest BCUT2D eigenvalue weighted by Crippen LogP contribution is 2.29. The van der Waals surface area contributed by atoms with E-state index in [0.29, 0.717) is 29.9 Å². The molecule has 0 aliphatic carbocycles. The van der Waals surface area contributed by atoms with Crippen molar-refractivity contribution in [3.8, 4) is 0 Å². The summed E-state index contributed by atoms with van der Waals surface area (Å²) in [4.78, 5) is 12.1. The molecule has 0 bridgehead atoms. The van der Waals surface area contributed by atoms with Crippen molar-refractivity contribution in [3.05, 3.63) is 28.3 Å². The minimum atomic E-state index is -3.93. The monoisotopic (exact) mass is 334 g/mol. The van der Waals surface area contributed by atoms with Crippen molar-refractivity contribution in [3.63, 3.8) is 0 Å². The van der Waals surface area contributed by atoms with Crippen LogP contribution in [-0.2, 0) is 18.5 Å². The Morgan fingerprint density at radius 2 is 1.81 bits per heavy atom. The molecule has 1 aromatic carbocycles. The Morgan fingerprint density at radius 3 is 2.33 bits per heavy atom. The number of aryl methyl sites for hydroxylation is 2. The van der Waals surface area contributed by atoms with E-state index in [1.54, 1.807) is 26.8 Å². The van der Waals surface area contributed by atoms with Crippen molar-refractivity contribution in [1.29, 1.82) is 0 Å². The van der Waals surface area contributed by atoms with Gasteiger partial charge in [0, 0.05) is 17.3 Å². The van der Waals surface area contributed by atoms with Gasteiger partial charge < -0.3 is 9.47 Å². The van der Waals surface area contributed by atoms with Crippen molar-refractivity contribution in [2.24, 2.45) is 0 Å². The number of ether oxygens (including phenoxy) is 2. The largest absolute Gasteiger partial charge is 0.460 e. The first-order chi connectivity index (χ1) is 9.70. The lowest BCUT2D eigenvalue weighted by molar-refractivity contribution is 0.0333. The van der Waals surface area contributed by atoms with E-state index in [2.05, 4.69) is 0 Å². The molecular weight excluding hydrogens is 316 g/mol. The summed E-state index contributed by atoms with van der Waals surface area (Å²) in [6.45, 7) is 7.70. The van der Waals surface area contributed by atoms with Gasteiger partial charge in [-0.15, -0.1) is 0 Å². The molecule has 0 spiro atoms. The van der Waals surface area contributed by atoms with Crippen LogP contribution in [0, 0.1) is 20.8 Å². The molecule has 0 aromatic heterocycles. The van der Waals surface area contributed by atoms with Gasteiger partial charge in [-0.3, -0.25) is 0 Å². The zero-order chi connectivity index (χ0) is 16.2. The van der Waals surface area contributed by atoms with E-state index in [1.165, 1.54) is 0 Å². The lowest BCUT2D eigenvalue weighted by Crippen LogP contribution is -2.15. The van der Waals surface area contributed by atoms with Gasteiger partial charge in [0.15, 0.2) is 0 Å². The fraction of sp³-hybridized carbons (Fsp3) is 0.500. The van der Waals surface area contributed by atoms with Crippen LogP contribution in [0.1, 0.15) is 34.0 Å². The van der Waals surface area contributed by atoms with E-state index in [4.69, 9.17) is 20.2 Å². The number of carbonyl (C=O) groups excluding carboxylic acids is 1. The summed E-state index contributed by atoms with van der Waals surface area (Å²) in [6.07, 6.45) is 0. The first-order valence-corrected chi connectivity index (χ1v) is 8.81. The molecule has 0 atom stereocenters. The second kappa shape index (κ2) is 7.24. The van der Waals surface area contributed by atoms with Crippen LogP contribution in [0.5, 0.6) is 0 Å². The van der Waals surface area contributed by atoms with E-state index in [0.717, 1.165) is 0 Å². The fourth-order valence-electron chi connectivity index (χ4n) is 2.27. The topological polar surface area (TPSA) is 69.7 Å². The molecule has 5 nitrogen and oxygen atoms in total. The summed E-state index contributed by atoms with van der Waals surface area (Å²) < 4.78 is 33.5. The predicted molar refractivity (Wildman–Crippen MR) is 80.5 cm³/mol. The second-order valence-electron chi connectivity index (χ2n) is 4.61. The molecule has 21 heavy (non-hydrogen) atoms. The van der Waals surface area contributed by atoms with E-state index < -0.39 is 15.0 Å². The van der Waals surface area contributed by atoms with E-state index in [9.17, 15) is 13.2 Å². The maximum atomic E-state index is 12.1. The molecule has 118 valence electrons. The van der Waals surface area contributed by atoms with Crippen molar-refractivity contribution >= 4 is 25.7 Å². The third-order valence-electron chi connectivity index (χ3n) is 3.01. The van der Waals surface area contributed by atoms with Gasteiger partial charge in [-0.05, 0) is 44.4 Å². The molecule has 0 aliphatic rings. The van der Waals surface area contributed by atoms with Gasteiger partial charge in [-0.25, -0.2) is 13.2 Å². The van der Waals surface area contributed by atoms with Gasteiger partial charge >= 0.3 is 5.97 Å². The summed E-state index contributed by atoms with van der Waals surface area (Å²) in [7, 11) is 1.52. The number of benzene rings is 1. The zero-order valence-corrected chi connectivity index (χ0v) is 14.1. The Morgan fingerprint density at radius 1 is 1.19 bits per heavy atom. The molecule has 1 aromatic rings. The zero-order valence-electron chi connectivity index (χ0n) is 12.5. The quantitative estimate of drug-likeness (QED) is 0.454. The fourth-order valence-corrected chi connectivity index (χ4v) is 3.89. The SMILES string of the molecule is CCOCCOC(=O)c1c(C)cc(C)c(S(=O)(=O)Cl)c1C. The minimum Gasteiger partial charge on any atom is -0.460 e. The van der Waals surface area contributed by atoms with Crippen LogP contribution in [-0.4, -0.2) is 34.2 Å². The Kier molecular flexibility index (Phi) is 6.19. The summed E-state index contributed by atoms with van der Waals surface area (Å²) in [6, 6.07) is 1.61. The van der Waals surface area contributed by atoms with Crippen LogP contribution in [0.2, 0.25) is 0 Å². The molecule has 0 aliphatic heterocycles. The third-order valence-corrected chi connectivity index (χ3v) is 4.59. The van der Waals surface area contributed by atoms with Crippen LogP contribution in [0.25, 0.3) is 0 Å². The van der Waals surface area contributed by atoms with Crippen molar-refractivity contribution < 1.29 is 22.7 Å². The number of esters is 1. The number of hydrogen-bond donors (Lipinski definition) is 0. The predicted octanol–water partition coefficient (Wildman–Crippen LogP) is 2.73. The Bertz CT molecular complexity index is 637. The Labute approximate surface area is 129 Å². The van der Waals surface area contributed by atoms with Gasteiger partial charge in [0.1, 0.15) is 6.61 Å². The van der Waals surface area contributed by atoms with Gasteiger partial charge in [-0.2, -0.15) is 0 Å². The highest BCUT2D eigenvalue weighted by molar-refractivity contribution is 8.13. The minimum absolute atomic E-state index is 0.0356. The second-order valence-corrected chi connectivity index (χ2v) is 7.11. The first-order valence-electron chi connectivity index (χ1n) is 6.50. The maximum Gasteiger partial charge on any atom is 0.338 e. The molecule has 0 saturated heterocycles. The molecule has 0 saturated carbocycles. The first kappa shape index (κ1) is 17.9. The average molecular weight is 335 g/mol. The Hall–Kier alpha value is -1.11. The summed E-state index contributed by atoms with van der Waals surface area (Å²) in [5.41, 5.74) is 1.70. The smallest absolute Gasteiger partial charge is 0.338 e. The summed E-state index contributed by atoms with van der Waals surface area (Å²) >= 11 is 0. The normalized spacial score (nSPS) is 11.5. The van der Waals surface area contributed by atoms with Crippen LogP contribution in [0.4, 0.5) is 0 Å². The molecule has 0 unspecified atom stereocenters. The number of hydrogen-bond acceptors (Lipinski definition) is 5. The van der Waals surface area contributed by atoms with Gasteiger partial charge in [0.05, 0.1) is 17.1 Å². The highest BCUT2D eigenvalue weighted by Gasteiger charge is 2.24. The molecule has 0 radical (unpaired) electrons. The van der Waals surface area contributed by atoms with Crippen molar-refractivity contribution in [2.75, 3.05) is 19.8 Å². The number of rotatable bonds is 6. The standard InChI is InChI=1S/C14H19ClO5S/c1-5-19-6-7-20-14(16)12-9(2)8-10(3)13(11(12)4)21(15,17)18/h8H,5-7H2,1-4H3. The van der Waals surface area contributed by atoms with Crippen molar-refractivity contribution in [2.45, 2.75) is 32.6 Å². The number of carbonyl (C=O) groups is 1. The van der Waals surface area contributed by atoms with E-state index in [-0.39, 0.29) is 17.1 Å². The summed E-state index contributed by atoms with van der Waals surface area (Å²) in [5.74, 6) is -0.578. The van der Waals surface area contributed by atoms with Crippen LogP contribution in [0.3, 0.4) is 0 Å². The lowest BCUT2D eigenvalue weighted by Gasteiger charge is -2.14. The lowest BCUT2D eigenvalue weighted by atomic mass is 10.00. The third kappa shape index (κ3) is 4.43. The van der Waals surface area contributed by atoms with E-state index >= 15 is 0 Å². The van der Waals surface area contributed by atoms with E-state index in [1.807, 2.05) is 6.92 Å². The Balaban J connectivity index is 3.16. The molecule has 0 N–H and O–H groups in total. The van der Waals surface area contributed by atoms with Crippen molar-refractivity contribution in [1.82, 2.24) is 0 Å². The van der Waals surface area contributed by atoms with Gasteiger partial charge in [0.25, 0.3) is 9.05 Å². The van der Waals surface area contributed by atoms with Crippen LogP contribution >= 0.6 is 10.7 Å². The van der Waals surface area contributed by atoms with Gasteiger partial charge in [0.2, 0.25) is 0 Å². The average Bonchev–Trinajstić information content (AvgIpc) is 2.32. The summed E-state index contributed by atoms with van der Waals surface area (Å²) in [5, 5.41) is 0. The molecule has 0 heterocycles. The molecule has 7 heteroatoms. The van der Waals surface area contributed by atoms with Gasteiger partial charge in [-0.1, -0.05) is 6.07 Å². The van der Waals surface area contributed by atoms with Crippen LogP contribution in [0.15, 0.2) is 11.0 Å². The maximum absolute atomic E-state index is 12.1. The molecule has 0 amide bonds. The highest BCUT2D eigenvalue weighted by atomic mass is 35.7. The number of halogens is 1.